The number of aromatic amines is 2. The Hall–Kier alpha value is -3.65. The van der Waals surface area contributed by atoms with Crippen LogP contribution in [0.25, 0.3) is 33.3 Å². The Kier molecular flexibility index (Phi) is 3.86. The van der Waals surface area contributed by atoms with Crippen molar-refractivity contribution in [3.8, 4) is 28.3 Å². The first kappa shape index (κ1) is 15.9. The smallest absolute Gasteiger partial charge is 0.306 e. The van der Waals surface area contributed by atoms with Gasteiger partial charge in [0.15, 0.2) is 0 Å². The van der Waals surface area contributed by atoms with Gasteiger partial charge in [-0.3, -0.25) is 0 Å². The van der Waals surface area contributed by atoms with Crippen molar-refractivity contribution in [2.45, 2.75) is 6.42 Å². The molecule has 0 atom stereocenters. The number of hydrogen-bond acceptors (Lipinski definition) is 2. The van der Waals surface area contributed by atoms with Gasteiger partial charge in [0.1, 0.15) is 5.82 Å². The molecule has 0 fully saturated rings. The van der Waals surface area contributed by atoms with Gasteiger partial charge in [0.2, 0.25) is 0 Å². The highest BCUT2D eigenvalue weighted by Gasteiger charge is 2.13. The molecule has 0 amide bonds. The van der Waals surface area contributed by atoms with E-state index in [9.17, 15) is 14.4 Å². The molecule has 0 radical (unpaired) electrons. The maximum absolute atomic E-state index is 13.3. The van der Waals surface area contributed by atoms with Gasteiger partial charge in [-0.1, -0.05) is 36.4 Å². The lowest BCUT2D eigenvalue weighted by Gasteiger charge is -2.14. The van der Waals surface area contributed by atoms with Crippen LogP contribution in [0.4, 0.5) is 4.39 Å². The summed E-state index contributed by atoms with van der Waals surface area (Å²) in [5.74, 6) is -0.296. The van der Waals surface area contributed by atoms with Gasteiger partial charge < -0.3 is 9.97 Å². The predicted molar refractivity (Wildman–Crippen MR) is 99.1 cm³/mol. The molecule has 2 N–H and O–H groups in total. The zero-order chi connectivity index (χ0) is 18.1. The Morgan fingerprint density at radius 3 is 2.42 bits per heavy atom. The van der Waals surface area contributed by atoms with Gasteiger partial charge in [-0.2, -0.15) is 5.26 Å². The second kappa shape index (κ2) is 6.34. The summed E-state index contributed by atoms with van der Waals surface area (Å²) in [6, 6.07) is 19.9. The van der Waals surface area contributed by atoms with E-state index >= 15 is 0 Å². The van der Waals surface area contributed by atoms with E-state index in [-0.39, 0.29) is 17.9 Å². The lowest BCUT2D eigenvalue weighted by molar-refractivity contribution is 0.628. The number of imidazole rings is 1. The fraction of sp³-hybridized carbons (Fsp3) is 0.0476. The van der Waals surface area contributed by atoms with E-state index in [0.717, 1.165) is 33.3 Å². The third-order valence-corrected chi connectivity index (χ3v) is 4.38. The van der Waals surface area contributed by atoms with Crippen LogP contribution in [-0.2, 0) is 6.42 Å². The van der Waals surface area contributed by atoms with Crippen molar-refractivity contribution in [1.82, 2.24) is 9.97 Å². The topological polar surface area (TPSA) is 72.4 Å². The minimum Gasteiger partial charge on any atom is -0.306 e. The quantitative estimate of drug-likeness (QED) is 0.579. The van der Waals surface area contributed by atoms with Crippen molar-refractivity contribution in [3.05, 3.63) is 82.5 Å². The van der Waals surface area contributed by atoms with Crippen molar-refractivity contribution in [3.63, 3.8) is 0 Å². The SMILES string of the molecule is N#CCc1cccc(-c2ccc(F)cc2)c1-c1ccc2[nH]c(=O)[nH]c2c1. The normalized spacial score (nSPS) is 10.8. The molecule has 4 aromatic rings. The van der Waals surface area contributed by atoms with Gasteiger partial charge in [-0.25, -0.2) is 9.18 Å². The summed E-state index contributed by atoms with van der Waals surface area (Å²) < 4.78 is 13.3. The molecule has 1 heterocycles. The lowest BCUT2D eigenvalue weighted by Crippen LogP contribution is -1.99. The van der Waals surface area contributed by atoms with Crippen LogP contribution in [0.3, 0.4) is 0 Å². The first-order valence-corrected chi connectivity index (χ1v) is 8.13. The van der Waals surface area contributed by atoms with Crippen LogP contribution < -0.4 is 5.69 Å². The predicted octanol–water partition coefficient (Wildman–Crippen LogP) is 4.40. The van der Waals surface area contributed by atoms with Crippen LogP contribution in [0.15, 0.2) is 65.5 Å². The molecule has 0 unspecified atom stereocenters. The summed E-state index contributed by atoms with van der Waals surface area (Å²) in [5, 5.41) is 9.21. The molecule has 3 aromatic carbocycles. The van der Waals surface area contributed by atoms with Crippen molar-refractivity contribution in [2.24, 2.45) is 0 Å². The van der Waals surface area contributed by atoms with E-state index < -0.39 is 0 Å². The number of benzene rings is 3. The number of aromatic nitrogens is 2. The highest BCUT2D eigenvalue weighted by atomic mass is 19.1. The van der Waals surface area contributed by atoms with Gasteiger partial charge >= 0.3 is 5.69 Å². The second-order valence-corrected chi connectivity index (χ2v) is 6.02. The van der Waals surface area contributed by atoms with E-state index in [1.807, 2.05) is 36.4 Å². The van der Waals surface area contributed by atoms with Crippen molar-refractivity contribution in [2.75, 3.05) is 0 Å². The lowest BCUT2D eigenvalue weighted by atomic mass is 9.89. The van der Waals surface area contributed by atoms with Gasteiger partial charge in [0.05, 0.1) is 23.5 Å². The van der Waals surface area contributed by atoms with E-state index in [1.54, 1.807) is 12.1 Å². The highest BCUT2D eigenvalue weighted by molar-refractivity contribution is 5.90. The van der Waals surface area contributed by atoms with Gasteiger partial charge in [-0.15, -0.1) is 0 Å². The molecule has 4 rings (SSSR count). The Bertz CT molecular complexity index is 1200. The molecule has 0 saturated heterocycles. The number of rotatable bonds is 3. The average molecular weight is 343 g/mol. The molecule has 26 heavy (non-hydrogen) atoms. The molecule has 0 bridgehead atoms. The zero-order valence-electron chi connectivity index (χ0n) is 13.7. The molecule has 4 nitrogen and oxygen atoms in total. The summed E-state index contributed by atoms with van der Waals surface area (Å²) in [6.07, 6.45) is 0.256. The fourth-order valence-electron chi connectivity index (χ4n) is 3.23. The Labute approximate surface area is 148 Å². The zero-order valence-corrected chi connectivity index (χ0v) is 13.7. The third-order valence-electron chi connectivity index (χ3n) is 4.38. The van der Waals surface area contributed by atoms with E-state index in [2.05, 4.69) is 16.0 Å². The number of H-pyrrole nitrogens is 2. The third kappa shape index (κ3) is 2.78. The fourth-order valence-corrected chi connectivity index (χ4v) is 3.23. The standard InChI is InChI=1S/C21H14FN3O/c22-16-7-4-13(5-8-16)17-3-1-2-14(10-11-23)20(17)15-6-9-18-19(12-15)25-21(26)24-18/h1-9,12H,10H2,(H2,24,25,26). The summed E-state index contributed by atoms with van der Waals surface area (Å²) in [4.78, 5) is 17.0. The van der Waals surface area contributed by atoms with Crippen LogP contribution >= 0.6 is 0 Å². The summed E-state index contributed by atoms with van der Waals surface area (Å²) in [6.45, 7) is 0. The van der Waals surface area contributed by atoms with Crippen molar-refractivity contribution >= 4 is 11.0 Å². The van der Waals surface area contributed by atoms with Crippen LogP contribution in [0.1, 0.15) is 5.56 Å². The number of nitrogens with zero attached hydrogens (tertiary/aromatic N) is 1. The molecule has 126 valence electrons. The molecular formula is C21H14FN3O. The number of halogens is 1. The molecule has 5 heteroatoms. The maximum Gasteiger partial charge on any atom is 0.323 e. The summed E-state index contributed by atoms with van der Waals surface area (Å²) in [7, 11) is 0. The van der Waals surface area contributed by atoms with Crippen LogP contribution in [0.5, 0.6) is 0 Å². The summed E-state index contributed by atoms with van der Waals surface area (Å²) >= 11 is 0. The van der Waals surface area contributed by atoms with Gasteiger partial charge in [0, 0.05) is 0 Å². The average Bonchev–Trinajstić information content (AvgIpc) is 3.01. The first-order valence-electron chi connectivity index (χ1n) is 8.13. The largest absolute Gasteiger partial charge is 0.323 e. The Morgan fingerprint density at radius 1 is 0.923 bits per heavy atom. The Morgan fingerprint density at radius 2 is 1.65 bits per heavy atom. The molecule has 0 aliphatic rings. The maximum atomic E-state index is 13.3. The molecule has 0 spiro atoms. The van der Waals surface area contributed by atoms with E-state index in [1.165, 1.54) is 12.1 Å². The molecule has 1 aromatic heterocycles. The van der Waals surface area contributed by atoms with Gasteiger partial charge in [0.25, 0.3) is 0 Å². The molecule has 0 aliphatic carbocycles. The minimum atomic E-state index is -0.296. The first-order chi connectivity index (χ1) is 12.7. The van der Waals surface area contributed by atoms with Crippen LogP contribution in [0, 0.1) is 17.1 Å². The van der Waals surface area contributed by atoms with Gasteiger partial charge in [-0.05, 0) is 52.1 Å². The van der Waals surface area contributed by atoms with Crippen molar-refractivity contribution in [1.29, 1.82) is 5.26 Å². The molecule has 0 aliphatic heterocycles. The number of hydrogen-bond donors (Lipinski definition) is 2. The van der Waals surface area contributed by atoms with E-state index in [0.29, 0.717) is 5.52 Å². The van der Waals surface area contributed by atoms with Crippen molar-refractivity contribution < 1.29 is 4.39 Å². The molecular weight excluding hydrogens is 329 g/mol. The highest BCUT2D eigenvalue weighted by Crippen LogP contribution is 2.36. The number of fused-ring (bicyclic) bond motifs is 1. The number of nitrogens with one attached hydrogen (secondary N) is 2. The van der Waals surface area contributed by atoms with Crippen LogP contribution in [0.2, 0.25) is 0 Å². The number of nitriles is 1. The molecule has 0 saturated carbocycles. The Balaban J connectivity index is 1.98. The van der Waals surface area contributed by atoms with E-state index in [4.69, 9.17) is 0 Å². The van der Waals surface area contributed by atoms with Crippen LogP contribution in [-0.4, -0.2) is 9.97 Å². The minimum absolute atomic E-state index is 0.256. The second-order valence-electron chi connectivity index (χ2n) is 6.02. The summed E-state index contributed by atoms with van der Waals surface area (Å²) in [5.41, 5.74) is 5.61. The monoisotopic (exact) mass is 343 g/mol.